The first-order chi connectivity index (χ1) is 9.63. The molecule has 0 bridgehead atoms. The molecule has 1 aliphatic heterocycles. The second-order valence-electron chi connectivity index (χ2n) is 5.72. The second-order valence-corrected chi connectivity index (χ2v) is 5.72. The Hall–Kier alpha value is -1.26. The van der Waals surface area contributed by atoms with Crippen LogP contribution in [0.25, 0.3) is 0 Å². The molecule has 2 rings (SSSR count). The van der Waals surface area contributed by atoms with Gasteiger partial charge in [-0.05, 0) is 44.6 Å². The number of rotatable bonds is 4. The maximum absolute atomic E-state index is 5.93. The minimum absolute atomic E-state index is 0.605. The summed E-state index contributed by atoms with van der Waals surface area (Å²) in [5.74, 6) is 0.937. The number of ether oxygens (including phenoxy) is 1. The predicted molar refractivity (Wildman–Crippen MR) is 84.0 cm³/mol. The number of methoxy groups -OCH3 is 1. The molecule has 0 radical (unpaired) electrons. The molecule has 1 aromatic rings. The highest BCUT2D eigenvalue weighted by atomic mass is 16.5. The fraction of sp³-hybridized carbons (Fsp3) is 0.625. The highest BCUT2D eigenvalue weighted by Gasteiger charge is 2.22. The average Bonchev–Trinajstić information content (AvgIpc) is 2.61. The van der Waals surface area contributed by atoms with Crippen LogP contribution in [-0.4, -0.2) is 49.6 Å². The van der Waals surface area contributed by atoms with Gasteiger partial charge in [-0.1, -0.05) is 6.92 Å². The van der Waals surface area contributed by atoms with Gasteiger partial charge in [-0.3, -0.25) is 4.90 Å². The summed E-state index contributed by atoms with van der Waals surface area (Å²) in [6.07, 6.45) is 2.40. The SMILES string of the molecule is CCC1CN(C)CCCN1Cc1cc(N)ccc1OC. The Kier molecular flexibility index (Phi) is 5.26. The van der Waals surface area contributed by atoms with Crippen LogP contribution in [0.1, 0.15) is 25.3 Å². The van der Waals surface area contributed by atoms with Gasteiger partial charge in [-0.15, -0.1) is 0 Å². The monoisotopic (exact) mass is 277 g/mol. The fourth-order valence-corrected chi connectivity index (χ4v) is 3.03. The number of hydrogen-bond acceptors (Lipinski definition) is 4. The summed E-state index contributed by atoms with van der Waals surface area (Å²) in [5, 5.41) is 0. The van der Waals surface area contributed by atoms with Crippen molar-refractivity contribution >= 4 is 5.69 Å². The van der Waals surface area contributed by atoms with Crippen molar-refractivity contribution in [2.75, 3.05) is 39.5 Å². The maximum atomic E-state index is 5.93. The third-order valence-corrected chi connectivity index (χ3v) is 4.17. The minimum Gasteiger partial charge on any atom is -0.496 e. The van der Waals surface area contributed by atoms with Gasteiger partial charge in [0.15, 0.2) is 0 Å². The highest BCUT2D eigenvalue weighted by molar-refractivity contribution is 5.47. The van der Waals surface area contributed by atoms with E-state index in [4.69, 9.17) is 10.5 Å². The number of nitrogen functional groups attached to an aromatic ring is 1. The summed E-state index contributed by atoms with van der Waals surface area (Å²) in [7, 11) is 3.94. The lowest BCUT2D eigenvalue weighted by molar-refractivity contribution is 0.174. The predicted octanol–water partition coefficient (Wildman–Crippen LogP) is 2.19. The van der Waals surface area contributed by atoms with Crippen LogP contribution in [0.2, 0.25) is 0 Å². The van der Waals surface area contributed by atoms with E-state index in [1.165, 1.54) is 24.9 Å². The van der Waals surface area contributed by atoms with Gasteiger partial charge in [0.2, 0.25) is 0 Å². The molecule has 0 amide bonds. The molecule has 1 atom stereocenters. The molecule has 1 fully saturated rings. The van der Waals surface area contributed by atoms with E-state index >= 15 is 0 Å². The van der Waals surface area contributed by atoms with E-state index in [2.05, 4.69) is 23.8 Å². The van der Waals surface area contributed by atoms with Crippen molar-refractivity contribution in [2.24, 2.45) is 0 Å². The lowest BCUT2D eigenvalue weighted by atomic mass is 10.1. The van der Waals surface area contributed by atoms with E-state index < -0.39 is 0 Å². The molecule has 1 aromatic carbocycles. The molecule has 4 heteroatoms. The van der Waals surface area contributed by atoms with E-state index in [1.807, 2.05) is 18.2 Å². The van der Waals surface area contributed by atoms with Gasteiger partial charge in [-0.2, -0.15) is 0 Å². The van der Waals surface area contributed by atoms with Crippen LogP contribution in [0.15, 0.2) is 18.2 Å². The zero-order chi connectivity index (χ0) is 14.5. The van der Waals surface area contributed by atoms with Crippen LogP contribution in [-0.2, 0) is 6.54 Å². The van der Waals surface area contributed by atoms with Crippen molar-refractivity contribution in [3.05, 3.63) is 23.8 Å². The summed E-state index contributed by atoms with van der Waals surface area (Å²) in [5.41, 5.74) is 7.92. The zero-order valence-electron chi connectivity index (χ0n) is 12.9. The Morgan fingerprint density at radius 3 is 2.85 bits per heavy atom. The highest BCUT2D eigenvalue weighted by Crippen LogP contribution is 2.25. The van der Waals surface area contributed by atoms with E-state index in [0.717, 1.165) is 31.1 Å². The molecule has 2 N–H and O–H groups in total. The molecule has 20 heavy (non-hydrogen) atoms. The molecular formula is C16H27N3O. The number of anilines is 1. The van der Waals surface area contributed by atoms with E-state index in [-0.39, 0.29) is 0 Å². The van der Waals surface area contributed by atoms with Gasteiger partial charge in [0.05, 0.1) is 7.11 Å². The quantitative estimate of drug-likeness (QED) is 0.857. The third-order valence-electron chi connectivity index (χ3n) is 4.17. The van der Waals surface area contributed by atoms with Crippen LogP contribution >= 0.6 is 0 Å². The van der Waals surface area contributed by atoms with E-state index in [0.29, 0.717) is 6.04 Å². The average molecular weight is 277 g/mol. The van der Waals surface area contributed by atoms with Gasteiger partial charge in [0.25, 0.3) is 0 Å². The molecule has 0 aliphatic carbocycles. The molecule has 0 aromatic heterocycles. The van der Waals surface area contributed by atoms with Crippen molar-refractivity contribution in [1.82, 2.24) is 9.80 Å². The Morgan fingerprint density at radius 1 is 1.35 bits per heavy atom. The molecule has 1 heterocycles. The summed E-state index contributed by atoms with van der Waals surface area (Å²) in [6.45, 7) is 6.65. The standard InChI is InChI=1S/C16H27N3O/c1-4-15-12-18(2)8-5-9-19(15)11-13-10-14(17)6-7-16(13)20-3/h6-7,10,15H,4-5,8-9,11-12,17H2,1-3H3. The van der Waals surface area contributed by atoms with Gasteiger partial charge in [0, 0.05) is 36.9 Å². The summed E-state index contributed by atoms with van der Waals surface area (Å²) < 4.78 is 5.47. The Balaban J connectivity index is 2.16. The lowest BCUT2D eigenvalue weighted by Crippen LogP contribution is -2.39. The first-order valence-electron chi connectivity index (χ1n) is 7.49. The summed E-state index contributed by atoms with van der Waals surface area (Å²) in [4.78, 5) is 5.01. The molecule has 1 unspecified atom stereocenters. The first-order valence-corrected chi connectivity index (χ1v) is 7.49. The Morgan fingerprint density at radius 2 is 2.15 bits per heavy atom. The van der Waals surface area contributed by atoms with Crippen LogP contribution in [0.4, 0.5) is 5.69 Å². The van der Waals surface area contributed by atoms with Gasteiger partial charge in [0.1, 0.15) is 5.75 Å². The molecule has 112 valence electrons. The summed E-state index contributed by atoms with van der Waals surface area (Å²) >= 11 is 0. The first kappa shape index (κ1) is 15.1. The van der Waals surface area contributed by atoms with Crippen LogP contribution in [0.3, 0.4) is 0 Å². The zero-order valence-corrected chi connectivity index (χ0v) is 12.9. The van der Waals surface area contributed by atoms with Crippen molar-refractivity contribution in [2.45, 2.75) is 32.4 Å². The Labute approximate surface area is 122 Å². The van der Waals surface area contributed by atoms with Gasteiger partial charge >= 0.3 is 0 Å². The van der Waals surface area contributed by atoms with Crippen LogP contribution in [0.5, 0.6) is 5.75 Å². The number of hydrogen-bond donors (Lipinski definition) is 1. The molecule has 0 spiro atoms. The number of benzene rings is 1. The molecular weight excluding hydrogens is 250 g/mol. The van der Waals surface area contributed by atoms with Crippen molar-refractivity contribution in [1.29, 1.82) is 0 Å². The Bertz CT molecular complexity index is 436. The minimum atomic E-state index is 0.605. The van der Waals surface area contributed by atoms with Gasteiger partial charge in [-0.25, -0.2) is 0 Å². The van der Waals surface area contributed by atoms with Crippen molar-refractivity contribution < 1.29 is 4.74 Å². The number of nitrogens with two attached hydrogens (primary N) is 1. The normalized spacial score (nSPS) is 21.6. The van der Waals surface area contributed by atoms with E-state index in [9.17, 15) is 0 Å². The number of likely N-dealkylation sites (N-methyl/N-ethyl adjacent to an activating group) is 1. The largest absolute Gasteiger partial charge is 0.496 e. The van der Waals surface area contributed by atoms with E-state index in [1.54, 1.807) is 7.11 Å². The van der Waals surface area contributed by atoms with Crippen molar-refractivity contribution in [3.8, 4) is 5.75 Å². The lowest BCUT2D eigenvalue weighted by Gasteiger charge is -2.30. The molecule has 0 saturated carbocycles. The molecule has 1 aliphatic rings. The number of nitrogens with zero attached hydrogens (tertiary/aromatic N) is 2. The van der Waals surface area contributed by atoms with Crippen molar-refractivity contribution in [3.63, 3.8) is 0 Å². The van der Waals surface area contributed by atoms with Crippen LogP contribution < -0.4 is 10.5 Å². The molecule has 4 nitrogen and oxygen atoms in total. The maximum Gasteiger partial charge on any atom is 0.123 e. The summed E-state index contributed by atoms with van der Waals surface area (Å²) in [6, 6.07) is 6.51. The van der Waals surface area contributed by atoms with Gasteiger partial charge < -0.3 is 15.4 Å². The third kappa shape index (κ3) is 3.64. The smallest absolute Gasteiger partial charge is 0.123 e. The second kappa shape index (κ2) is 6.95. The van der Waals surface area contributed by atoms with Crippen LogP contribution in [0, 0.1) is 0 Å². The molecule has 1 saturated heterocycles. The fourth-order valence-electron chi connectivity index (χ4n) is 3.03. The topological polar surface area (TPSA) is 41.7 Å².